The van der Waals surface area contributed by atoms with Gasteiger partial charge in [-0.15, -0.1) is 11.3 Å². The van der Waals surface area contributed by atoms with E-state index >= 15 is 0 Å². The molecular weight excluding hydrogens is 180 g/mol. The zero-order valence-electron chi connectivity index (χ0n) is 8.10. The highest BCUT2D eigenvalue weighted by molar-refractivity contribution is 7.10. The molecule has 1 N–H and O–H groups in total. The first-order valence-electron chi connectivity index (χ1n) is 4.97. The molecule has 2 heteroatoms. The van der Waals surface area contributed by atoms with Crippen LogP contribution in [0.5, 0.6) is 0 Å². The van der Waals surface area contributed by atoms with Crippen molar-refractivity contribution in [2.45, 2.75) is 32.3 Å². The summed E-state index contributed by atoms with van der Waals surface area (Å²) in [5.74, 6) is 1.55. The number of thiophene rings is 1. The molecule has 72 valence electrons. The van der Waals surface area contributed by atoms with Crippen LogP contribution in [0.3, 0.4) is 0 Å². The molecule has 1 saturated carbocycles. The predicted octanol–water partition coefficient (Wildman–Crippen LogP) is 2.87. The minimum absolute atomic E-state index is 0.0721. The first-order chi connectivity index (χ1) is 6.25. The van der Waals surface area contributed by atoms with Gasteiger partial charge in [-0.1, -0.05) is 26.3 Å². The van der Waals surface area contributed by atoms with E-state index in [0.717, 1.165) is 6.42 Å². The van der Waals surface area contributed by atoms with E-state index in [1.54, 1.807) is 0 Å². The van der Waals surface area contributed by atoms with Crippen molar-refractivity contribution in [2.24, 2.45) is 11.8 Å². The van der Waals surface area contributed by atoms with Crippen LogP contribution in [0.1, 0.15) is 31.1 Å². The molecule has 0 aromatic carbocycles. The van der Waals surface area contributed by atoms with Crippen molar-refractivity contribution in [2.75, 3.05) is 0 Å². The lowest BCUT2D eigenvalue weighted by molar-refractivity contribution is -0.0570. The highest BCUT2D eigenvalue weighted by Crippen LogP contribution is 2.50. The summed E-state index contributed by atoms with van der Waals surface area (Å²) >= 11 is 1.82. The van der Waals surface area contributed by atoms with Gasteiger partial charge in [0.1, 0.15) is 0 Å². The highest BCUT2D eigenvalue weighted by atomic mass is 32.1. The fourth-order valence-electron chi connectivity index (χ4n) is 2.51. The Morgan fingerprint density at radius 2 is 2.31 bits per heavy atom. The fourth-order valence-corrected chi connectivity index (χ4v) is 3.52. The van der Waals surface area contributed by atoms with Gasteiger partial charge in [0.2, 0.25) is 0 Å². The monoisotopic (exact) mass is 196 g/mol. The van der Waals surface area contributed by atoms with Gasteiger partial charge >= 0.3 is 0 Å². The molecule has 4 atom stereocenters. The molecule has 1 aromatic rings. The molecule has 4 unspecified atom stereocenters. The normalized spacial score (nSPS) is 38.7. The summed E-state index contributed by atoms with van der Waals surface area (Å²) in [6.45, 7) is 4.32. The van der Waals surface area contributed by atoms with E-state index in [-0.39, 0.29) is 6.10 Å². The Hall–Kier alpha value is -0.340. The zero-order chi connectivity index (χ0) is 9.42. The van der Waals surface area contributed by atoms with Gasteiger partial charge in [-0.2, -0.15) is 0 Å². The zero-order valence-corrected chi connectivity index (χ0v) is 8.92. The molecule has 1 aliphatic carbocycles. The molecule has 0 spiro atoms. The Labute approximate surface area is 83.4 Å². The van der Waals surface area contributed by atoms with E-state index in [4.69, 9.17) is 0 Å². The molecule has 0 radical (unpaired) electrons. The van der Waals surface area contributed by atoms with Gasteiger partial charge in [0.15, 0.2) is 0 Å². The van der Waals surface area contributed by atoms with Gasteiger partial charge in [-0.25, -0.2) is 0 Å². The van der Waals surface area contributed by atoms with Crippen LogP contribution >= 0.6 is 11.3 Å². The lowest BCUT2D eigenvalue weighted by Gasteiger charge is -2.47. The maximum atomic E-state index is 9.75. The molecule has 0 aliphatic heterocycles. The van der Waals surface area contributed by atoms with Crippen LogP contribution in [0.25, 0.3) is 0 Å². The molecule has 1 aromatic heterocycles. The summed E-state index contributed by atoms with van der Waals surface area (Å²) in [4.78, 5) is 1.45. The number of hydrogen-bond acceptors (Lipinski definition) is 2. The molecule has 1 heterocycles. The third kappa shape index (κ3) is 1.32. The van der Waals surface area contributed by atoms with Gasteiger partial charge in [-0.05, 0) is 23.3 Å². The van der Waals surface area contributed by atoms with Gasteiger partial charge in [0.05, 0.1) is 6.10 Å². The van der Waals surface area contributed by atoms with Crippen molar-refractivity contribution in [3.8, 4) is 0 Å². The molecule has 0 amide bonds. The largest absolute Gasteiger partial charge is 0.393 e. The van der Waals surface area contributed by atoms with E-state index in [2.05, 4.69) is 31.4 Å². The summed E-state index contributed by atoms with van der Waals surface area (Å²) in [5.41, 5.74) is 0. The molecule has 1 nitrogen and oxygen atoms in total. The van der Waals surface area contributed by atoms with Gasteiger partial charge in [-0.3, -0.25) is 0 Å². The Morgan fingerprint density at radius 3 is 2.85 bits per heavy atom. The molecule has 1 aliphatic rings. The number of rotatable bonds is 2. The summed E-state index contributed by atoms with van der Waals surface area (Å²) in [6, 6.07) is 4.30. The Kier molecular flexibility index (Phi) is 2.43. The Balaban J connectivity index is 2.16. The third-order valence-electron chi connectivity index (χ3n) is 3.35. The Morgan fingerprint density at radius 1 is 1.54 bits per heavy atom. The molecule has 0 saturated heterocycles. The lowest BCUT2D eigenvalue weighted by atomic mass is 9.61. The third-order valence-corrected chi connectivity index (χ3v) is 4.32. The van der Waals surface area contributed by atoms with Crippen LogP contribution in [0.2, 0.25) is 0 Å². The van der Waals surface area contributed by atoms with Crippen molar-refractivity contribution < 1.29 is 5.11 Å². The molecule has 1 fully saturated rings. The average Bonchev–Trinajstić information content (AvgIpc) is 2.64. The fraction of sp³-hybridized carbons (Fsp3) is 0.636. The molecule has 0 bridgehead atoms. The van der Waals surface area contributed by atoms with Crippen LogP contribution in [-0.4, -0.2) is 11.2 Å². The first-order valence-corrected chi connectivity index (χ1v) is 5.85. The van der Waals surface area contributed by atoms with E-state index in [0.29, 0.717) is 17.8 Å². The SMILES string of the molecule is CCC1C(O)C(C)C1c1cccs1. The summed E-state index contributed by atoms with van der Waals surface area (Å²) in [7, 11) is 0. The predicted molar refractivity (Wildman–Crippen MR) is 56.0 cm³/mol. The van der Waals surface area contributed by atoms with E-state index in [9.17, 15) is 5.11 Å². The van der Waals surface area contributed by atoms with E-state index in [1.807, 2.05) is 11.3 Å². The maximum absolute atomic E-state index is 9.75. The summed E-state index contributed by atoms with van der Waals surface area (Å²) in [5, 5.41) is 11.9. The van der Waals surface area contributed by atoms with Crippen molar-refractivity contribution in [1.82, 2.24) is 0 Å². The van der Waals surface area contributed by atoms with Crippen molar-refractivity contribution in [1.29, 1.82) is 0 Å². The minimum atomic E-state index is -0.0721. The molecular formula is C11H16OS. The van der Waals surface area contributed by atoms with Crippen LogP contribution in [0, 0.1) is 11.8 Å². The van der Waals surface area contributed by atoms with Crippen LogP contribution in [-0.2, 0) is 0 Å². The maximum Gasteiger partial charge on any atom is 0.0606 e. The Bertz CT molecular complexity index is 268. The number of hydrogen-bond donors (Lipinski definition) is 1. The highest BCUT2D eigenvalue weighted by Gasteiger charge is 2.46. The molecule has 2 rings (SSSR count). The van der Waals surface area contributed by atoms with Crippen molar-refractivity contribution in [3.63, 3.8) is 0 Å². The topological polar surface area (TPSA) is 20.2 Å². The quantitative estimate of drug-likeness (QED) is 0.771. The van der Waals surface area contributed by atoms with E-state index < -0.39 is 0 Å². The second-order valence-corrected chi connectivity index (χ2v) is 4.94. The first kappa shape index (κ1) is 9.22. The van der Waals surface area contributed by atoms with Gasteiger partial charge < -0.3 is 5.11 Å². The van der Waals surface area contributed by atoms with Gasteiger partial charge in [0.25, 0.3) is 0 Å². The lowest BCUT2D eigenvalue weighted by Crippen LogP contribution is -2.47. The standard InChI is InChI=1S/C11H16OS/c1-3-8-10(7(2)11(8)12)9-5-4-6-13-9/h4-8,10-12H,3H2,1-2H3. The van der Waals surface area contributed by atoms with Crippen LogP contribution in [0.4, 0.5) is 0 Å². The van der Waals surface area contributed by atoms with E-state index in [1.165, 1.54) is 4.88 Å². The smallest absolute Gasteiger partial charge is 0.0606 e. The second kappa shape index (κ2) is 3.43. The number of aliphatic hydroxyl groups excluding tert-OH is 1. The average molecular weight is 196 g/mol. The van der Waals surface area contributed by atoms with Crippen molar-refractivity contribution >= 4 is 11.3 Å². The van der Waals surface area contributed by atoms with Crippen molar-refractivity contribution in [3.05, 3.63) is 22.4 Å². The minimum Gasteiger partial charge on any atom is -0.393 e. The van der Waals surface area contributed by atoms with Gasteiger partial charge in [0, 0.05) is 10.8 Å². The molecule has 13 heavy (non-hydrogen) atoms. The summed E-state index contributed by atoms with van der Waals surface area (Å²) in [6.07, 6.45) is 1.02. The van der Waals surface area contributed by atoms with Crippen LogP contribution < -0.4 is 0 Å². The summed E-state index contributed by atoms with van der Waals surface area (Å²) < 4.78 is 0. The van der Waals surface area contributed by atoms with Crippen LogP contribution in [0.15, 0.2) is 17.5 Å². The second-order valence-electron chi connectivity index (χ2n) is 3.96. The number of aliphatic hydroxyl groups is 1.